The summed E-state index contributed by atoms with van der Waals surface area (Å²) in [5.74, 6) is 0.165. The van der Waals surface area contributed by atoms with E-state index in [1.54, 1.807) is 0 Å². The van der Waals surface area contributed by atoms with Crippen molar-refractivity contribution in [2.75, 3.05) is 6.61 Å². The summed E-state index contributed by atoms with van der Waals surface area (Å²) in [6, 6.07) is 0. The number of ketones is 1. The lowest BCUT2D eigenvalue weighted by Gasteiger charge is -2.07. The lowest BCUT2D eigenvalue weighted by Crippen LogP contribution is -2.15. The Morgan fingerprint density at radius 2 is 2.00 bits per heavy atom. The quantitative estimate of drug-likeness (QED) is 0.610. The van der Waals surface area contributed by atoms with Gasteiger partial charge in [-0.05, 0) is 6.42 Å². The van der Waals surface area contributed by atoms with E-state index in [-0.39, 0.29) is 18.3 Å². The van der Waals surface area contributed by atoms with Crippen LogP contribution in [0, 0.1) is 5.92 Å². The van der Waals surface area contributed by atoms with Crippen LogP contribution in [0.4, 0.5) is 0 Å². The smallest absolute Gasteiger partial charge is 0.135 e. The number of hydrogen-bond acceptors (Lipinski definition) is 3. The van der Waals surface area contributed by atoms with Crippen LogP contribution in [0.15, 0.2) is 0 Å². The van der Waals surface area contributed by atoms with Gasteiger partial charge in [0, 0.05) is 12.3 Å². The third kappa shape index (κ3) is 4.93. The number of carbonyl (C=O) groups excluding carboxylic acids is 1. The summed E-state index contributed by atoms with van der Waals surface area (Å²) in [6.07, 6.45) is -0.00917. The predicted molar refractivity (Wildman–Crippen MR) is 42.2 cm³/mol. The van der Waals surface area contributed by atoms with Crippen LogP contribution in [-0.2, 0) is 4.79 Å². The Morgan fingerprint density at radius 1 is 1.45 bits per heavy atom. The van der Waals surface area contributed by atoms with Gasteiger partial charge in [0.1, 0.15) is 5.78 Å². The van der Waals surface area contributed by atoms with Crippen LogP contribution in [0.5, 0.6) is 0 Å². The molecule has 11 heavy (non-hydrogen) atoms. The molecule has 0 aromatic heterocycles. The van der Waals surface area contributed by atoms with Crippen LogP contribution in [0.3, 0.4) is 0 Å². The zero-order valence-electron chi connectivity index (χ0n) is 7.08. The van der Waals surface area contributed by atoms with Crippen molar-refractivity contribution in [1.29, 1.82) is 0 Å². The zero-order chi connectivity index (χ0) is 8.85. The van der Waals surface area contributed by atoms with Crippen molar-refractivity contribution in [2.24, 2.45) is 5.92 Å². The van der Waals surface area contributed by atoms with Gasteiger partial charge in [0.15, 0.2) is 0 Å². The summed E-state index contributed by atoms with van der Waals surface area (Å²) in [5.41, 5.74) is 0. The van der Waals surface area contributed by atoms with Gasteiger partial charge in [-0.3, -0.25) is 4.79 Å². The first kappa shape index (κ1) is 10.6. The number of rotatable bonds is 5. The van der Waals surface area contributed by atoms with Crippen molar-refractivity contribution in [1.82, 2.24) is 0 Å². The van der Waals surface area contributed by atoms with Gasteiger partial charge in [0.2, 0.25) is 0 Å². The molecule has 0 fully saturated rings. The number of hydrogen-bond donors (Lipinski definition) is 2. The molecule has 0 radical (unpaired) electrons. The van der Waals surface area contributed by atoms with Crippen molar-refractivity contribution in [3.05, 3.63) is 0 Å². The van der Waals surface area contributed by atoms with Crippen molar-refractivity contribution in [3.63, 3.8) is 0 Å². The molecule has 0 rings (SSSR count). The first-order chi connectivity index (χ1) is 5.07. The molecule has 0 aromatic rings. The molecule has 0 aliphatic rings. The molecule has 0 saturated carbocycles. The minimum absolute atomic E-state index is 0.0286. The molecular formula is C8H16O3. The predicted octanol–water partition coefficient (Wildman–Crippen LogP) is 0.345. The number of aliphatic hydroxyl groups is 2. The Hall–Kier alpha value is -0.410. The molecule has 0 heterocycles. The molecule has 0 saturated heterocycles. The van der Waals surface area contributed by atoms with Crippen LogP contribution in [0.2, 0.25) is 0 Å². The normalized spacial score (nSPS) is 13.5. The molecule has 2 N–H and O–H groups in total. The minimum atomic E-state index is -0.738. The van der Waals surface area contributed by atoms with Crippen molar-refractivity contribution in [3.8, 4) is 0 Å². The van der Waals surface area contributed by atoms with Crippen LogP contribution in [0.25, 0.3) is 0 Å². The van der Waals surface area contributed by atoms with Crippen LogP contribution in [-0.4, -0.2) is 28.7 Å². The molecule has 0 bridgehead atoms. The van der Waals surface area contributed by atoms with Gasteiger partial charge in [0.05, 0.1) is 12.7 Å². The number of Topliss-reactive ketones (excluding diaryl/α,β-unsaturated/α-hetero) is 1. The second-order valence-electron chi connectivity index (χ2n) is 3.00. The van der Waals surface area contributed by atoms with Gasteiger partial charge < -0.3 is 10.2 Å². The average Bonchev–Trinajstić information content (AvgIpc) is 1.99. The molecule has 0 amide bonds. The maximum atomic E-state index is 11.0. The van der Waals surface area contributed by atoms with E-state index >= 15 is 0 Å². The Balaban J connectivity index is 3.46. The second-order valence-corrected chi connectivity index (χ2v) is 3.00. The average molecular weight is 160 g/mol. The van der Waals surface area contributed by atoms with Crippen LogP contribution in [0.1, 0.15) is 26.7 Å². The van der Waals surface area contributed by atoms with E-state index in [9.17, 15) is 4.79 Å². The molecule has 1 atom stereocenters. The molecule has 1 unspecified atom stereocenters. The highest BCUT2D eigenvalue weighted by Gasteiger charge is 2.09. The Morgan fingerprint density at radius 3 is 2.36 bits per heavy atom. The van der Waals surface area contributed by atoms with Crippen LogP contribution < -0.4 is 0 Å². The summed E-state index contributed by atoms with van der Waals surface area (Å²) in [7, 11) is 0. The Bertz CT molecular complexity index is 121. The summed E-state index contributed by atoms with van der Waals surface area (Å²) >= 11 is 0. The first-order valence-corrected chi connectivity index (χ1v) is 3.89. The lowest BCUT2D eigenvalue weighted by atomic mass is 10.0. The topological polar surface area (TPSA) is 57.5 Å². The van der Waals surface area contributed by atoms with E-state index in [1.165, 1.54) is 0 Å². The van der Waals surface area contributed by atoms with Gasteiger partial charge >= 0.3 is 0 Å². The van der Waals surface area contributed by atoms with Crippen molar-refractivity contribution in [2.45, 2.75) is 32.8 Å². The molecular weight excluding hydrogens is 144 g/mol. The maximum Gasteiger partial charge on any atom is 0.135 e. The van der Waals surface area contributed by atoms with Gasteiger partial charge in [-0.15, -0.1) is 0 Å². The molecule has 0 spiro atoms. The molecule has 3 nitrogen and oxygen atoms in total. The standard InChI is InChI=1S/C8H16O3/c1-6(2)8(11)4-3-7(10)5-9/h6-7,9-10H,3-5H2,1-2H3. The molecule has 3 heteroatoms. The molecule has 0 aliphatic carbocycles. The summed E-state index contributed by atoms with van der Waals surface area (Å²) in [5, 5.41) is 17.3. The fourth-order valence-electron chi connectivity index (χ4n) is 0.689. The monoisotopic (exact) mass is 160 g/mol. The number of carbonyl (C=O) groups is 1. The first-order valence-electron chi connectivity index (χ1n) is 3.89. The maximum absolute atomic E-state index is 11.0. The van der Waals surface area contributed by atoms with Gasteiger partial charge in [-0.2, -0.15) is 0 Å². The summed E-state index contributed by atoms with van der Waals surface area (Å²) in [4.78, 5) is 11.0. The van der Waals surface area contributed by atoms with E-state index in [1.807, 2.05) is 13.8 Å². The lowest BCUT2D eigenvalue weighted by molar-refractivity contribution is -0.122. The summed E-state index contributed by atoms with van der Waals surface area (Å²) in [6.45, 7) is 3.40. The van der Waals surface area contributed by atoms with Crippen molar-refractivity contribution < 1.29 is 15.0 Å². The Labute approximate surface area is 67.0 Å². The SMILES string of the molecule is CC(C)C(=O)CCC(O)CO. The third-order valence-electron chi connectivity index (χ3n) is 1.58. The Kier molecular flexibility index (Phi) is 5.07. The van der Waals surface area contributed by atoms with E-state index in [2.05, 4.69) is 0 Å². The highest BCUT2D eigenvalue weighted by molar-refractivity contribution is 5.80. The zero-order valence-corrected chi connectivity index (χ0v) is 7.08. The van der Waals surface area contributed by atoms with E-state index in [0.717, 1.165) is 0 Å². The fraction of sp³-hybridized carbons (Fsp3) is 0.875. The van der Waals surface area contributed by atoms with Gasteiger partial charge in [-0.1, -0.05) is 13.8 Å². The second kappa shape index (κ2) is 5.27. The minimum Gasteiger partial charge on any atom is -0.394 e. The van der Waals surface area contributed by atoms with Gasteiger partial charge in [-0.25, -0.2) is 0 Å². The third-order valence-corrected chi connectivity index (χ3v) is 1.58. The van der Waals surface area contributed by atoms with Crippen molar-refractivity contribution >= 4 is 5.78 Å². The van der Waals surface area contributed by atoms with E-state index in [0.29, 0.717) is 12.8 Å². The highest BCUT2D eigenvalue weighted by atomic mass is 16.3. The summed E-state index contributed by atoms with van der Waals surface area (Å²) < 4.78 is 0. The number of aliphatic hydroxyl groups excluding tert-OH is 2. The van der Waals surface area contributed by atoms with E-state index < -0.39 is 6.10 Å². The largest absolute Gasteiger partial charge is 0.394 e. The van der Waals surface area contributed by atoms with Crippen LogP contribution >= 0.6 is 0 Å². The highest BCUT2D eigenvalue weighted by Crippen LogP contribution is 2.03. The van der Waals surface area contributed by atoms with Gasteiger partial charge in [0.25, 0.3) is 0 Å². The molecule has 66 valence electrons. The molecule has 0 aliphatic heterocycles. The fourth-order valence-corrected chi connectivity index (χ4v) is 0.689. The molecule has 0 aromatic carbocycles. The van der Waals surface area contributed by atoms with E-state index in [4.69, 9.17) is 10.2 Å².